The third kappa shape index (κ3) is 3.97. The molecule has 3 heterocycles. The standard InChI is InChI=1S/C24H30N4O4/c1-13(2)28-15(4)26-19-11-18(16-7-8-20(30-5)21(9-16)31-6)27-24(23(19)28)32-14(3)17-10-22(29)25-12-17/h7-9,11,13-14,17H,10,12H2,1-6H3,(H,25,29). The summed E-state index contributed by atoms with van der Waals surface area (Å²) in [6.07, 6.45) is 0.281. The maximum absolute atomic E-state index is 11.7. The van der Waals surface area contributed by atoms with Crippen molar-refractivity contribution in [2.24, 2.45) is 5.92 Å². The maximum atomic E-state index is 11.7. The summed E-state index contributed by atoms with van der Waals surface area (Å²) in [5.41, 5.74) is 3.29. The molecule has 1 N–H and O–H groups in total. The van der Waals surface area contributed by atoms with Crippen molar-refractivity contribution in [3.8, 4) is 28.6 Å². The van der Waals surface area contributed by atoms with Crippen LogP contribution in [0, 0.1) is 12.8 Å². The van der Waals surface area contributed by atoms with E-state index in [1.165, 1.54) is 0 Å². The highest BCUT2D eigenvalue weighted by Gasteiger charge is 2.29. The van der Waals surface area contributed by atoms with Crippen LogP contribution in [-0.2, 0) is 4.79 Å². The lowest BCUT2D eigenvalue weighted by Crippen LogP contribution is -2.26. The van der Waals surface area contributed by atoms with Gasteiger partial charge in [-0.3, -0.25) is 4.79 Å². The molecule has 1 fully saturated rings. The van der Waals surface area contributed by atoms with Crippen LogP contribution < -0.4 is 19.5 Å². The molecule has 4 rings (SSSR count). The molecule has 1 aliphatic rings. The first-order valence-electron chi connectivity index (χ1n) is 10.9. The van der Waals surface area contributed by atoms with Gasteiger partial charge >= 0.3 is 0 Å². The van der Waals surface area contributed by atoms with Crippen LogP contribution in [0.25, 0.3) is 22.3 Å². The van der Waals surface area contributed by atoms with Gasteiger partial charge in [0.05, 0.1) is 25.4 Å². The molecule has 0 spiro atoms. The zero-order chi connectivity index (χ0) is 23.0. The second-order valence-electron chi connectivity index (χ2n) is 8.46. The largest absolute Gasteiger partial charge is 0.493 e. The Morgan fingerprint density at radius 1 is 1.09 bits per heavy atom. The zero-order valence-electron chi connectivity index (χ0n) is 19.4. The predicted molar refractivity (Wildman–Crippen MR) is 122 cm³/mol. The summed E-state index contributed by atoms with van der Waals surface area (Å²) in [4.78, 5) is 21.4. The Morgan fingerprint density at radius 3 is 2.47 bits per heavy atom. The van der Waals surface area contributed by atoms with E-state index in [0.29, 0.717) is 30.3 Å². The van der Waals surface area contributed by atoms with E-state index in [1.807, 2.05) is 38.1 Å². The number of imidazole rings is 1. The number of fused-ring (bicyclic) bond motifs is 1. The molecule has 170 valence electrons. The Morgan fingerprint density at radius 2 is 1.84 bits per heavy atom. The first-order chi connectivity index (χ1) is 15.3. The lowest BCUT2D eigenvalue weighted by molar-refractivity contribution is -0.119. The molecule has 0 saturated carbocycles. The minimum absolute atomic E-state index is 0.0608. The third-order valence-electron chi connectivity index (χ3n) is 5.98. The minimum Gasteiger partial charge on any atom is -0.493 e. The van der Waals surface area contributed by atoms with E-state index < -0.39 is 0 Å². The molecule has 0 bridgehead atoms. The second kappa shape index (κ2) is 8.68. The monoisotopic (exact) mass is 438 g/mol. The van der Waals surface area contributed by atoms with Gasteiger partial charge in [0, 0.05) is 30.5 Å². The molecule has 32 heavy (non-hydrogen) atoms. The normalized spacial score (nSPS) is 17.0. The van der Waals surface area contributed by atoms with Crippen molar-refractivity contribution in [2.75, 3.05) is 20.8 Å². The minimum atomic E-state index is -0.180. The van der Waals surface area contributed by atoms with Crippen LogP contribution in [0.4, 0.5) is 0 Å². The van der Waals surface area contributed by atoms with Crippen LogP contribution >= 0.6 is 0 Å². The summed E-state index contributed by atoms with van der Waals surface area (Å²) < 4.78 is 19.4. The highest BCUT2D eigenvalue weighted by molar-refractivity contribution is 5.85. The zero-order valence-corrected chi connectivity index (χ0v) is 19.4. The fourth-order valence-electron chi connectivity index (χ4n) is 4.29. The number of hydrogen-bond acceptors (Lipinski definition) is 6. The number of carbonyl (C=O) groups is 1. The van der Waals surface area contributed by atoms with Crippen LogP contribution in [0.2, 0.25) is 0 Å². The maximum Gasteiger partial charge on any atom is 0.241 e. The van der Waals surface area contributed by atoms with E-state index in [4.69, 9.17) is 24.2 Å². The van der Waals surface area contributed by atoms with Crippen molar-refractivity contribution in [3.05, 3.63) is 30.1 Å². The van der Waals surface area contributed by atoms with E-state index in [2.05, 4.69) is 23.7 Å². The molecule has 2 unspecified atom stereocenters. The average Bonchev–Trinajstić information content (AvgIpc) is 3.35. The van der Waals surface area contributed by atoms with Crippen LogP contribution in [-0.4, -0.2) is 47.3 Å². The number of pyridine rings is 1. The van der Waals surface area contributed by atoms with Crippen LogP contribution in [0.5, 0.6) is 17.4 Å². The van der Waals surface area contributed by atoms with E-state index in [0.717, 1.165) is 28.1 Å². The molecule has 1 aromatic carbocycles. The first kappa shape index (κ1) is 21.9. The van der Waals surface area contributed by atoms with Crippen molar-refractivity contribution < 1.29 is 19.0 Å². The number of ether oxygens (including phenoxy) is 3. The average molecular weight is 439 g/mol. The molecule has 2 aromatic heterocycles. The van der Waals surface area contributed by atoms with Gasteiger partial charge in [0.2, 0.25) is 11.8 Å². The van der Waals surface area contributed by atoms with Gasteiger partial charge in [-0.25, -0.2) is 9.97 Å². The molecule has 2 atom stereocenters. The van der Waals surface area contributed by atoms with Crippen LogP contribution in [0.15, 0.2) is 24.3 Å². The number of nitrogens with zero attached hydrogens (tertiary/aromatic N) is 3. The lowest BCUT2D eigenvalue weighted by Gasteiger charge is -2.21. The number of nitrogens with one attached hydrogen (secondary N) is 1. The molecule has 0 radical (unpaired) electrons. The van der Waals surface area contributed by atoms with Gasteiger partial charge in [-0.1, -0.05) is 0 Å². The summed E-state index contributed by atoms with van der Waals surface area (Å²) in [6.45, 7) is 8.82. The fraction of sp³-hybridized carbons (Fsp3) is 0.458. The van der Waals surface area contributed by atoms with E-state index in [1.54, 1.807) is 14.2 Å². The van der Waals surface area contributed by atoms with E-state index in [9.17, 15) is 4.79 Å². The second-order valence-corrected chi connectivity index (χ2v) is 8.46. The highest BCUT2D eigenvalue weighted by Crippen LogP contribution is 2.36. The van der Waals surface area contributed by atoms with Crippen molar-refractivity contribution in [2.45, 2.75) is 46.3 Å². The number of aromatic nitrogens is 3. The van der Waals surface area contributed by atoms with Gasteiger partial charge in [-0.05, 0) is 52.0 Å². The van der Waals surface area contributed by atoms with Crippen molar-refractivity contribution in [3.63, 3.8) is 0 Å². The van der Waals surface area contributed by atoms with Crippen LogP contribution in [0.3, 0.4) is 0 Å². The SMILES string of the molecule is COc1ccc(-c2cc3nc(C)n(C(C)C)c3c(OC(C)C3CNC(=O)C3)n2)cc1OC. The van der Waals surface area contributed by atoms with Gasteiger partial charge in [-0.15, -0.1) is 0 Å². The number of benzene rings is 1. The van der Waals surface area contributed by atoms with E-state index >= 15 is 0 Å². The quantitative estimate of drug-likeness (QED) is 0.602. The molecule has 0 aliphatic carbocycles. The van der Waals surface area contributed by atoms with E-state index in [-0.39, 0.29) is 24.0 Å². The molecule has 1 aliphatic heterocycles. The molecule has 8 heteroatoms. The van der Waals surface area contributed by atoms with Crippen molar-refractivity contribution >= 4 is 16.9 Å². The first-order valence-corrected chi connectivity index (χ1v) is 10.9. The number of carbonyl (C=O) groups excluding carboxylic acids is 1. The van der Waals surface area contributed by atoms with Gasteiger partial charge in [-0.2, -0.15) is 0 Å². The third-order valence-corrected chi connectivity index (χ3v) is 5.98. The molecule has 3 aromatic rings. The molecular formula is C24H30N4O4. The smallest absolute Gasteiger partial charge is 0.241 e. The van der Waals surface area contributed by atoms with Gasteiger partial charge in [0.15, 0.2) is 11.5 Å². The number of amides is 1. The fourth-order valence-corrected chi connectivity index (χ4v) is 4.29. The highest BCUT2D eigenvalue weighted by atomic mass is 16.5. The van der Waals surface area contributed by atoms with Crippen molar-refractivity contribution in [1.82, 2.24) is 19.9 Å². The summed E-state index contributed by atoms with van der Waals surface area (Å²) in [6, 6.07) is 7.86. The Kier molecular flexibility index (Phi) is 5.95. The number of hydrogen-bond donors (Lipinski definition) is 1. The summed E-state index contributed by atoms with van der Waals surface area (Å²) >= 11 is 0. The molecule has 1 amide bonds. The summed E-state index contributed by atoms with van der Waals surface area (Å²) in [5.74, 6) is 2.86. The summed E-state index contributed by atoms with van der Waals surface area (Å²) in [5, 5.41) is 2.89. The molecular weight excluding hydrogens is 408 g/mol. The Labute approximate surface area is 187 Å². The Balaban J connectivity index is 1.83. The van der Waals surface area contributed by atoms with Crippen molar-refractivity contribution in [1.29, 1.82) is 0 Å². The number of aryl methyl sites for hydroxylation is 1. The van der Waals surface area contributed by atoms with Gasteiger partial charge < -0.3 is 24.1 Å². The Bertz CT molecular complexity index is 1150. The Hall–Kier alpha value is -3.29. The molecule has 1 saturated heterocycles. The summed E-state index contributed by atoms with van der Waals surface area (Å²) in [7, 11) is 3.22. The topological polar surface area (TPSA) is 87.5 Å². The lowest BCUT2D eigenvalue weighted by atomic mass is 10.0. The molecule has 8 nitrogen and oxygen atoms in total. The number of methoxy groups -OCH3 is 2. The van der Waals surface area contributed by atoms with Gasteiger partial charge in [0.1, 0.15) is 17.4 Å². The predicted octanol–water partition coefficient (Wildman–Crippen LogP) is 3.91. The van der Waals surface area contributed by atoms with Crippen LogP contribution in [0.1, 0.15) is 39.1 Å². The number of rotatable bonds is 7. The van der Waals surface area contributed by atoms with Gasteiger partial charge in [0.25, 0.3) is 0 Å².